The second-order valence-corrected chi connectivity index (χ2v) is 8.84. The number of halogens is 1. The Morgan fingerprint density at radius 2 is 1.66 bits per heavy atom. The summed E-state index contributed by atoms with van der Waals surface area (Å²) in [5.74, 6) is -0.536. The number of pyridine rings is 1. The predicted octanol–water partition coefficient (Wildman–Crippen LogP) is 4.15. The molecule has 2 aromatic carbocycles. The van der Waals surface area contributed by atoms with Gasteiger partial charge in [-0.05, 0) is 52.0 Å². The van der Waals surface area contributed by atoms with E-state index in [0.29, 0.717) is 30.8 Å². The highest BCUT2D eigenvalue weighted by Crippen LogP contribution is 2.27. The first-order chi connectivity index (χ1) is 13.7. The number of aromatic nitrogens is 1. The van der Waals surface area contributed by atoms with Crippen LogP contribution in [0.2, 0.25) is 0 Å². The fraction of sp³-hybridized carbons (Fsp3) is 0.318. The fourth-order valence-electron chi connectivity index (χ4n) is 3.48. The molecule has 0 bridgehead atoms. The quantitative estimate of drug-likeness (QED) is 0.606. The van der Waals surface area contributed by atoms with E-state index in [0.717, 1.165) is 11.6 Å². The van der Waals surface area contributed by atoms with Crippen LogP contribution in [0.4, 0.5) is 10.1 Å². The Morgan fingerprint density at radius 1 is 1.03 bits per heavy atom. The molecule has 0 unspecified atom stereocenters. The average molecular weight is 417 g/mol. The van der Waals surface area contributed by atoms with E-state index in [1.807, 2.05) is 32.6 Å². The molecule has 0 aliphatic rings. The van der Waals surface area contributed by atoms with Crippen molar-refractivity contribution in [3.8, 4) is 0 Å². The molecule has 0 saturated carbocycles. The van der Waals surface area contributed by atoms with Gasteiger partial charge in [0.15, 0.2) is 0 Å². The third-order valence-corrected chi connectivity index (χ3v) is 6.94. The van der Waals surface area contributed by atoms with Crippen molar-refractivity contribution in [3.05, 3.63) is 64.2 Å². The first kappa shape index (κ1) is 21.0. The van der Waals surface area contributed by atoms with Crippen molar-refractivity contribution in [1.29, 1.82) is 0 Å². The molecule has 5 nitrogen and oxygen atoms in total. The van der Waals surface area contributed by atoms with Crippen LogP contribution in [0.25, 0.3) is 10.9 Å². The average Bonchev–Trinajstić information content (AvgIpc) is 2.70. The van der Waals surface area contributed by atoms with Gasteiger partial charge in [-0.3, -0.25) is 4.79 Å². The maximum absolute atomic E-state index is 14.8. The molecule has 0 N–H and O–H groups in total. The molecule has 3 aromatic rings. The molecule has 154 valence electrons. The third kappa shape index (κ3) is 3.67. The molecule has 7 heteroatoms. The van der Waals surface area contributed by atoms with Gasteiger partial charge in [0.05, 0.1) is 21.5 Å². The Morgan fingerprint density at radius 3 is 2.21 bits per heavy atom. The Hall–Kier alpha value is -2.67. The summed E-state index contributed by atoms with van der Waals surface area (Å²) >= 11 is 0. The van der Waals surface area contributed by atoms with Gasteiger partial charge in [0.2, 0.25) is 15.3 Å². The molecule has 0 aliphatic carbocycles. The number of hydrogen-bond donors (Lipinski definition) is 0. The highest BCUT2D eigenvalue weighted by molar-refractivity contribution is 7.91. The van der Waals surface area contributed by atoms with E-state index in [4.69, 9.17) is 0 Å². The van der Waals surface area contributed by atoms with Crippen LogP contribution < -0.4 is 10.3 Å². The number of anilines is 1. The van der Waals surface area contributed by atoms with Gasteiger partial charge >= 0.3 is 0 Å². The Kier molecular flexibility index (Phi) is 5.80. The van der Waals surface area contributed by atoms with Crippen LogP contribution in [0.15, 0.2) is 57.2 Å². The maximum atomic E-state index is 14.8. The van der Waals surface area contributed by atoms with Crippen molar-refractivity contribution >= 4 is 26.4 Å². The highest BCUT2D eigenvalue weighted by Gasteiger charge is 2.24. The summed E-state index contributed by atoms with van der Waals surface area (Å²) in [6, 6.07) is 9.12. The summed E-state index contributed by atoms with van der Waals surface area (Å²) in [7, 11) is -4.03. The van der Waals surface area contributed by atoms with Crippen LogP contribution in [0, 0.1) is 12.7 Å². The molecule has 0 spiro atoms. The van der Waals surface area contributed by atoms with Crippen molar-refractivity contribution < 1.29 is 12.8 Å². The number of aryl methyl sites for hydroxylation is 2. The van der Waals surface area contributed by atoms with Crippen molar-refractivity contribution in [2.75, 3.05) is 18.0 Å². The van der Waals surface area contributed by atoms with Gasteiger partial charge in [-0.25, -0.2) is 12.8 Å². The molecule has 0 radical (unpaired) electrons. The van der Waals surface area contributed by atoms with Crippen molar-refractivity contribution in [3.63, 3.8) is 0 Å². The van der Waals surface area contributed by atoms with Crippen LogP contribution >= 0.6 is 0 Å². The molecular weight excluding hydrogens is 391 g/mol. The van der Waals surface area contributed by atoms with Gasteiger partial charge in [0.1, 0.15) is 10.7 Å². The van der Waals surface area contributed by atoms with Crippen LogP contribution in [-0.4, -0.2) is 26.1 Å². The summed E-state index contributed by atoms with van der Waals surface area (Å²) in [5.41, 5.74) is 1.15. The monoisotopic (exact) mass is 416 g/mol. The predicted molar refractivity (Wildman–Crippen MR) is 114 cm³/mol. The first-order valence-corrected chi connectivity index (χ1v) is 11.2. The minimum Gasteiger partial charge on any atom is -0.370 e. The second kappa shape index (κ2) is 7.99. The molecule has 1 aromatic heterocycles. The number of benzene rings is 2. The lowest BCUT2D eigenvalue weighted by molar-refractivity contribution is 0.593. The zero-order valence-corrected chi connectivity index (χ0v) is 17.9. The SMILES string of the molecule is CCN(CC)c1cc2c(cc1F)c(=O)c(S(=O)(=O)c1ccc(C)cc1)cn2CC. The number of hydrogen-bond acceptors (Lipinski definition) is 4. The lowest BCUT2D eigenvalue weighted by Gasteiger charge is -2.23. The third-order valence-electron chi connectivity index (χ3n) is 5.18. The summed E-state index contributed by atoms with van der Waals surface area (Å²) < 4.78 is 42.7. The van der Waals surface area contributed by atoms with E-state index < -0.39 is 21.1 Å². The van der Waals surface area contributed by atoms with Gasteiger partial charge in [-0.1, -0.05) is 17.7 Å². The molecule has 29 heavy (non-hydrogen) atoms. The van der Waals surface area contributed by atoms with Crippen LogP contribution in [0.3, 0.4) is 0 Å². The Labute approximate surface area is 170 Å². The second-order valence-electron chi connectivity index (χ2n) is 6.92. The van der Waals surface area contributed by atoms with Gasteiger partial charge in [-0.15, -0.1) is 0 Å². The molecular formula is C22H25FN2O3S. The number of rotatable bonds is 6. The smallest absolute Gasteiger partial charge is 0.211 e. The van der Waals surface area contributed by atoms with E-state index >= 15 is 0 Å². The summed E-state index contributed by atoms with van der Waals surface area (Å²) in [6.45, 7) is 9.24. The maximum Gasteiger partial charge on any atom is 0.211 e. The zero-order chi connectivity index (χ0) is 21.3. The highest BCUT2D eigenvalue weighted by atomic mass is 32.2. The summed E-state index contributed by atoms with van der Waals surface area (Å²) in [6.07, 6.45) is 1.36. The lowest BCUT2D eigenvalue weighted by Crippen LogP contribution is -2.24. The lowest BCUT2D eigenvalue weighted by atomic mass is 10.1. The molecule has 0 saturated heterocycles. The van der Waals surface area contributed by atoms with Gasteiger partial charge in [-0.2, -0.15) is 0 Å². The standard InChI is InChI=1S/C22H25FN2O3S/c1-5-24(6-2)20-13-19-17(12-18(20)23)22(26)21(14-25(19)7-3)29(27,28)16-10-8-15(4)9-11-16/h8-14H,5-7H2,1-4H3. The van der Waals surface area contributed by atoms with Gasteiger partial charge in [0, 0.05) is 25.8 Å². The Bertz CT molecular complexity index is 1210. The van der Waals surface area contributed by atoms with E-state index in [9.17, 15) is 17.6 Å². The van der Waals surface area contributed by atoms with Crippen molar-refractivity contribution in [2.24, 2.45) is 0 Å². The first-order valence-electron chi connectivity index (χ1n) is 9.67. The number of fused-ring (bicyclic) bond motifs is 1. The van der Waals surface area contributed by atoms with Gasteiger partial charge < -0.3 is 9.47 Å². The van der Waals surface area contributed by atoms with Crippen LogP contribution in [-0.2, 0) is 16.4 Å². The molecule has 0 amide bonds. The van der Waals surface area contributed by atoms with E-state index in [-0.39, 0.29) is 15.2 Å². The molecule has 1 heterocycles. The van der Waals surface area contributed by atoms with Crippen molar-refractivity contribution in [1.82, 2.24) is 4.57 Å². The molecule has 0 atom stereocenters. The van der Waals surface area contributed by atoms with Crippen LogP contribution in [0.5, 0.6) is 0 Å². The van der Waals surface area contributed by atoms with Crippen molar-refractivity contribution in [2.45, 2.75) is 44.0 Å². The number of nitrogens with zero attached hydrogens (tertiary/aromatic N) is 2. The minimum atomic E-state index is -4.03. The fourth-order valence-corrected chi connectivity index (χ4v) is 4.85. The Balaban J connectivity index is 2.32. The van der Waals surface area contributed by atoms with Gasteiger partial charge in [0.25, 0.3) is 0 Å². The number of sulfone groups is 1. The van der Waals surface area contributed by atoms with E-state index in [1.165, 1.54) is 18.3 Å². The molecule has 0 fully saturated rings. The van der Waals surface area contributed by atoms with E-state index in [2.05, 4.69) is 0 Å². The minimum absolute atomic E-state index is 0.0439. The topological polar surface area (TPSA) is 59.4 Å². The van der Waals surface area contributed by atoms with Crippen LogP contribution in [0.1, 0.15) is 26.3 Å². The largest absolute Gasteiger partial charge is 0.370 e. The summed E-state index contributed by atoms with van der Waals surface area (Å²) in [5, 5.41) is 0.0634. The summed E-state index contributed by atoms with van der Waals surface area (Å²) in [4.78, 5) is 14.6. The molecule has 3 rings (SSSR count). The zero-order valence-electron chi connectivity index (χ0n) is 17.1. The normalized spacial score (nSPS) is 11.8. The van der Waals surface area contributed by atoms with E-state index in [1.54, 1.807) is 22.8 Å². The molecule has 0 aliphatic heterocycles.